The first kappa shape index (κ1) is 63.3. The van der Waals surface area contributed by atoms with E-state index in [0.29, 0.717) is 10.9 Å². The van der Waals surface area contributed by atoms with E-state index in [4.69, 9.17) is 24.0 Å². The maximum Gasteiger partial charge on any atom is 1.00 e. The van der Waals surface area contributed by atoms with E-state index in [0.717, 1.165) is 27.6 Å². The molecule has 0 atom stereocenters. The summed E-state index contributed by atoms with van der Waals surface area (Å²) in [6.45, 7) is 23.6. The average Bonchev–Trinajstić information content (AvgIpc) is 3.27. The molecule has 0 aliphatic rings. The first-order valence-corrected chi connectivity index (χ1v) is 23.9. The van der Waals surface area contributed by atoms with E-state index < -0.39 is 21.6 Å². The van der Waals surface area contributed by atoms with Crippen molar-refractivity contribution in [3.63, 3.8) is 0 Å². The predicted molar refractivity (Wildman–Crippen MR) is 287 cm³/mol. The van der Waals surface area contributed by atoms with Gasteiger partial charge in [-0.05, 0) is 189 Å². The normalized spacial score (nSPS) is 9.95. The van der Waals surface area contributed by atoms with E-state index in [1.54, 1.807) is 30.6 Å². The Bertz CT molecular complexity index is 2150. The van der Waals surface area contributed by atoms with Gasteiger partial charge in [0.25, 0.3) is 0 Å². The van der Waals surface area contributed by atoms with Gasteiger partial charge < -0.3 is 41.0 Å². The molecule has 3 heterocycles. The molecule has 6 aromatic rings. The first-order valence-electron chi connectivity index (χ1n) is 21.3. The number of rotatable bonds is 11. The third-order valence-corrected chi connectivity index (χ3v) is 11.2. The van der Waals surface area contributed by atoms with Crippen LogP contribution < -0.4 is 29.8 Å². The number of nitrogens with zero attached hydrogens (tertiary/aromatic N) is 3. The second-order valence-electron chi connectivity index (χ2n) is 15.2. The molecule has 0 amide bonds. The molecule has 0 saturated carbocycles. The minimum Gasteiger partial charge on any atom is -0.423 e. The molecule has 0 bridgehead atoms. The van der Waals surface area contributed by atoms with Crippen molar-refractivity contribution in [2.24, 2.45) is 0 Å². The standard InChI is InChI=1S/C12H12BNO2.C12H10BrN.C9H21BO3.C7H6BrI.C5H6BNO2.C4H9.Li/c1-9-2-3-12(13(15)16)11(8-9)10-4-6-14-7-5-10;1-9-2-3-12(13)11(8-9)10-4-6-14-7-5-10;1-7(2)11-10(12-8(3)4)13-9(5)6;1-5-2-3-6(8)7(9)4-5;8-6(9)5-1-3-7-4-2-5;1-3-4-2;/h2-8,15-16H,1H3;2-8H,1H3;7-9H,1-6H3;2-4H,1H3;1-4,8-9H;1,3-4H2,2H3;/q;;;;;-1;+1. The van der Waals surface area contributed by atoms with Gasteiger partial charge in [0.05, 0.1) is 0 Å². The number of aryl methyl sites for hydroxylation is 3. The van der Waals surface area contributed by atoms with Gasteiger partial charge in [0, 0.05) is 68.0 Å². The van der Waals surface area contributed by atoms with Crippen molar-refractivity contribution < 1.29 is 52.9 Å². The van der Waals surface area contributed by atoms with E-state index >= 15 is 0 Å². The summed E-state index contributed by atoms with van der Waals surface area (Å²) >= 11 is 9.27. The quantitative estimate of drug-likeness (QED) is 0.0583. The molecule has 6 rings (SSSR count). The van der Waals surface area contributed by atoms with E-state index in [2.05, 4.69) is 133 Å². The third-order valence-electron chi connectivity index (χ3n) is 8.17. The fourth-order valence-electron chi connectivity index (χ4n) is 4.97. The number of hydrogen-bond donors (Lipinski definition) is 4. The maximum absolute atomic E-state index is 9.30. The Morgan fingerprint density at radius 1 is 0.561 bits per heavy atom. The smallest absolute Gasteiger partial charge is 0.423 e. The Morgan fingerprint density at radius 2 is 0.924 bits per heavy atom. The molecule has 0 radical (unpaired) electrons. The van der Waals surface area contributed by atoms with Crippen LogP contribution in [0.2, 0.25) is 0 Å². The fraction of sp³-hybridized carbons (Fsp3) is 0.306. The number of hydrogen-bond acceptors (Lipinski definition) is 10. The van der Waals surface area contributed by atoms with Gasteiger partial charge in [0.15, 0.2) is 0 Å². The van der Waals surface area contributed by atoms with Gasteiger partial charge in [-0.2, -0.15) is 6.42 Å². The van der Waals surface area contributed by atoms with Crippen LogP contribution in [0, 0.1) is 31.3 Å². The summed E-state index contributed by atoms with van der Waals surface area (Å²) < 4.78 is 19.8. The monoisotopic (exact) mass is 1130 g/mol. The van der Waals surface area contributed by atoms with Crippen molar-refractivity contribution in [1.82, 2.24) is 15.0 Å². The molecule has 0 spiro atoms. The molecule has 0 unspecified atom stereocenters. The zero-order chi connectivity index (χ0) is 48.9. The van der Waals surface area contributed by atoms with Crippen molar-refractivity contribution in [1.29, 1.82) is 0 Å². The van der Waals surface area contributed by atoms with Gasteiger partial charge in [-0.15, -0.1) is 0 Å². The molecule has 4 N–H and O–H groups in total. The summed E-state index contributed by atoms with van der Waals surface area (Å²) in [7, 11) is -3.38. The van der Waals surface area contributed by atoms with E-state index in [-0.39, 0.29) is 37.2 Å². The Balaban J connectivity index is 0.000000792. The largest absolute Gasteiger partial charge is 1.00 e. The van der Waals surface area contributed by atoms with Crippen molar-refractivity contribution in [2.45, 2.75) is 100 Å². The molecule has 3 aromatic heterocycles. The molecule has 0 aliphatic heterocycles. The minimum absolute atomic E-state index is 0. The molecule has 0 fully saturated rings. The summed E-state index contributed by atoms with van der Waals surface area (Å²) in [6, 6.07) is 29.0. The summed E-state index contributed by atoms with van der Waals surface area (Å²) in [6.07, 6.45) is 12.6. The van der Waals surface area contributed by atoms with E-state index in [1.807, 2.05) is 97.3 Å². The fourth-order valence-corrected chi connectivity index (χ4v) is 6.36. The van der Waals surface area contributed by atoms with Crippen molar-refractivity contribution in [2.75, 3.05) is 0 Å². The van der Waals surface area contributed by atoms with Gasteiger partial charge in [-0.1, -0.05) is 82.4 Å². The predicted octanol–water partition coefficient (Wildman–Crippen LogP) is 7.55. The topological polar surface area (TPSA) is 147 Å². The summed E-state index contributed by atoms with van der Waals surface area (Å²) in [5.41, 5.74) is 8.79. The van der Waals surface area contributed by atoms with Gasteiger partial charge in [0.2, 0.25) is 0 Å². The van der Waals surface area contributed by atoms with Gasteiger partial charge in [-0.3, -0.25) is 15.0 Å². The van der Waals surface area contributed by atoms with Gasteiger partial charge in [0.1, 0.15) is 0 Å². The number of unbranched alkanes of at least 4 members (excludes halogenated alkanes) is 1. The Hall–Kier alpha value is -2.69. The SMILES string of the molecule is CC(C)OB(OC(C)C)OC(C)C.Cc1ccc(B(O)O)c(-c2ccncc2)c1.Cc1ccc(Br)c(-c2ccncc2)c1.Cc1ccc(Br)c(I)c1.OB(O)c1ccncc1.[CH2-]CCC.[Li+]. The minimum atomic E-state index is -1.45. The summed E-state index contributed by atoms with van der Waals surface area (Å²) in [5.74, 6) is 0. The van der Waals surface area contributed by atoms with Crippen LogP contribution in [-0.4, -0.2) is 74.9 Å². The van der Waals surface area contributed by atoms with Crippen LogP contribution in [0.1, 0.15) is 78.0 Å². The zero-order valence-electron chi connectivity index (χ0n) is 40.2. The Morgan fingerprint density at radius 3 is 1.27 bits per heavy atom. The second kappa shape index (κ2) is 36.3. The second-order valence-corrected chi connectivity index (χ2v) is 18.1. The first-order chi connectivity index (χ1) is 30.8. The molecule has 66 heavy (non-hydrogen) atoms. The maximum atomic E-state index is 9.30. The van der Waals surface area contributed by atoms with Gasteiger partial charge >= 0.3 is 40.4 Å². The van der Waals surface area contributed by atoms with Crippen molar-refractivity contribution >= 4 is 86.9 Å². The molecule has 0 aliphatic carbocycles. The van der Waals surface area contributed by atoms with Crippen LogP contribution in [0.15, 0.2) is 137 Å². The molecule has 3 aromatic carbocycles. The molecule has 0 saturated heterocycles. The van der Waals surface area contributed by atoms with Crippen LogP contribution in [0.25, 0.3) is 22.3 Å². The Kier molecular flexibility index (Phi) is 34.8. The zero-order valence-corrected chi connectivity index (χ0v) is 45.5. The van der Waals surface area contributed by atoms with E-state index in [9.17, 15) is 10.0 Å². The molecular weight excluding hydrogens is 1070 g/mol. The van der Waals surface area contributed by atoms with Crippen molar-refractivity contribution in [3.05, 3.63) is 164 Å². The molecule has 17 heteroatoms. The van der Waals surface area contributed by atoms with Gasteiger partial charge in [-0.25, -0.2) is 0 Å². The van der Waals surface area contributed by atoms with Crippen molar-refractivity contribution in [3.8, 4) is 22.3 Å². The number of halogens is 3. The Labute approximate surface area is 438 Å². The molecule has 348 valence electrons. The molecular formula is C49H64B3Br2ILiN3O7. The van der Waals surface area contributed by atoms with Crippen LogP contribution in [0.3, 0.4) is 0 Å². The van der Waals surface area contributed by atoms with E-state index in [1.165, 1.54) is 49.1 Å². The third kappa shape index (κ3) is 28.0. The summed E-state index contributed by atoms with van der Waals surface area (Å²) in [4.78, 5) is 11.7. The number of benzene rings is 3. The number of pyridine rings is 3. The van der Waals surface area contributed by atoms with Crippen LogP contribution in [-0.2, 0) is 14.0 Å². The average molecular weight is 1130 g/mol. The molecule has 10 nitrogen and oxygen atoms in total. The van der Waals surface area contributed by atoms with Crippen LogP contribution in [0.5, 0.6) is 0 Å². The number of aromatic nitrogens is 3. The summed E-state index contributed by atoms with van der Waals surface area (Å²) in [5, 5.41) is 35.7. The van der Waals surface area contributed by atoms with Crippen LogP contribution >= 0.6 is 54.5 Å². The van der Waals surface area contributed by atoms with Crippen LogP contribution in [0.4, 0.5) is 0 Å².